The first-order valence-corrected chi connectivity index (χ1v) is 5.17. The Hall–Kier alpha value is -0.580. The molecule has 0 spiro atoms. The first kappa shape index (κ1) is 10.5. The summed E-state index contributed by atoms with van der Waals surface area (Å²) in [4.78, 5) is 11.4. The number of halogens is 1. The fraction of sp³-hybridized carbons (Fsp3) is 0.300. The first-order chi connectivity index (χ1) is 6.16. The monoisotopic (exact) mass is 290 g/mol. The quantitative estimate of drug-likeness (QED) is 0.618. The van der Waals surface area contributed by atoms with Crippen LogP contribution in [-0.4, -0.2) is 12.6 Å². The minimum absolute atomic E-state index is 0.240. The number of carbonyl (C=O) groups is 1. The molecule has 1 aromatic rings. The van der Waals surface area contributed by atoms with Gasteiger partial charge < -0.3 is 4.74 Å². The van der Waals surface area contributed by atoms with E-state index in [2.05, 4.69) is 22.6 Å². The second-order valence-corrected chi connectivity index (χ2v) is 3.74. The van der Waals surface area contributed by atoms with E-state index in [-0.39, 0.29) is 5.97 Å². The summed E-state index contributed by atoms with van der Waals surface area (Å²) in [5, 5.41) is 0. The summed E-state index contributed by atoms with van der Waals surface area (Å²) in [7, 11) is 0. The zero-order valence-corrected chi connectivity index (χ0v) is 9.79. The van der Waals surface area contributed by atoms with Gasteiger partial charge in [-0.2, -0.15) is 0 Å². The van der Waals surface area contributed by atoms with Gasteiger partial charge in [-0.1, -0.05) is 12.1 Å². The van der Waals surface area contributed by atoms with E-state index in [1.807, 2.05) is 19.1 Å². The highest BCUT2D eigenvalue weighted by Crippen LogP contribution is 2.17. The molecule has 0 radical (unpaired) electrons. The van der Waals surface area contributed by atoms with Crippen molar-refractivity contribution in [1.29, 1.82) is 0 Å². The van der Waals surface area contributed by atoms with E-state index < -0.39 is 0 Å². The first-order valence-electron chi connectivity index (χ1n) is 4.09. The van der Waals surface area contributed by atoms with Gasteiger partial charge in [0, 0.05) is 3.57 Å². The maximum atomic E-state index is 11.4. The number of aryl methyl sites for hydroxylation is 1. The molecule has 0 aromatic heterocycles. The van der Waals surface area contributed by atoms with Crippen LogP contribution in [0.15, 0.2) is 18.2 Å². The molecular weight excluding hydrogens is 279 g/mol. The van der Waals surface area contributed by atoms with Gasteiger partial charge in [0.1, 0.15) is 0 Å². The zero-order chi connectivity index (χ0) is 9.84. The van der Waals surface area contributed by atoms with Crippen molar-refractivity contribution in [3.63, 3.8) is 0 Å². The van der Waals surface area contributed by atoms with Crippen LogP contribution < -0.4 is 0 Å². The summed E-state index contributed by atoms with van der Waals surface area (Å²) in [5.74, 6) is -0.240. The number of esters is 1. The number of rotatable bonds is 2. The normalized spacial score (nSPS) is 9.77. The van der Waals surface area contributed by atoms with E-state index in [1.54, 1.807) is 13.0 Å². The van der Waals surface area contributed by atoms with E-state index >= 15 is 0 Å². The van der Waals surface area contributed by atoms with Crippen LogP contribution in [0.3, 0.4) is 0 Å². The van der Waals surface area contributed by atoms with Crippen molar-refractivity contribution in [3.05, 3.63) is 32.9 Å². The lowest BCUT2D eigenvalue weighted by Gasteiger charge is -2.05. The minimum atomic E-state index is -0.240. The van der Waals surface area contributed by atoms with Gasteiger partial charge in [0.05, 0.1) is 12.2 Å². The molecule has 3 heteroatoms. The van der Waals surface area contributed by atoms with Crippen molar-refractivity contribution in [2.24, 2.45) is 0 Å². The van der Waals surface area contributed by atoms with Gasteiger partial charge in [-0.15, -0.1) is 0 Å². The topological polar surface area (TPSA) is 26.3 Å². The van der Waals surface area contributed by atoms with E-state index in [1.165, 1.54) is 0 Å². The van der Waals surface area contributed by atoms with Gasteiger partial charge in [0.15, 0.2) is 0 Å². The second kappa shape index (κ2) is 4.60. The van der Waals surface area contributed by atoms with Crippen molar-refractivity contribution < 1.29 is 9.53 Å². The Kier molecular flexibility index (Phi) is 3.71. The fourth-order valence-electron chi connectivity index (χ4n) is 1.01. The molecule has 0 unspecified atom stereocenters. The molecule has 70 valence electrons. The smallest absolute Gasteiger partial charge is 0.339 e. The molecule has 0 saturated heterocycles. The van der Waals surface area contributed by atoms with Crippen LogP contribution >= 0.6 is 22.6 Å². The molecule has 0 bridgehead atoms. The standard InChI is InChI=1S/C10H11IO2/c1-3-13-10(12)8-6-4-5-7(2)9(8)11/h4-6H,3H2,1-2H3. The lowest BCUT2D eigenvalue weighted by molar-refractivity contribution is 0.0525. The summed E-state index contributed by atoms with van der Waals surface area (Å²) in [6.07, 6.45) is 0. The van der Waals surface area contributed by atoms with Crippen molar-refractivity contribution in [2.75, 3.05) is 6.61 Å². The zero-order valence-electron chi connectivity index (χ0n) is 7.63. The molecule has 0 amide bonds. The third-order valence-electron chi connectivity index (χ3n) is 1.69. The van der Waals surface area contributed by atoms with Gasteiger partial charge in [0.2, 0.25) is 0 Å². The summed E-state index contributed by atoms with van der Waals surface area (Å²) in [5.41, 5.74) is 1.76. The van der Waals surface area contributed by atoms with Crippen LogP contribution in [0.4, 0.5) is 0 Å². The molecule has 0 aliphatic rings. The number of carbonyl (C=O) groups excluding carboxylic acids is 1. The number of benzene rings is 1. The van der Waals surface area contributed by atoms with E-state index in [4.69, 9.17) is 4.74 Å². The molecule has 0 fully saturated rings. The maximum absolute atomic E-state index is 11.4. The summed E-state index contributed by atoms with van der Waals surface area (Å²) in [6, 6.07) is 5.63. The predicted molar refractivity (Wildman–Crippen MR) is 59.9 cm³/mol. The van der Waals surface area contributed by atoms with Crippen LogP contribution in [0.25, 0.3) is 0 Å². The molecule has 0 heterocycles. The lowest BCUT2D eigenvalue weighted by Crippen LogP contribution is -2.07. The fourth-order valence-corrected chi connectivity index (χ4v) is 1.59. The average molecular weight is 290 g/mol. The SMILES string of the molecule is CCOC(=O)c1cccc(C)c1I. The third kappa shape index (κ3) is 2.43. The Morgan fingerprint density at radius 1 is 1.54 bits per heavy atom. The number of ether oxygens (including phenoxy) is 1. The molecule has 0 aliphatic heterocycles. The van der Waals surface area contributed by atoms with Gasteiger partial charge >= 0.3 is 5.97 Å². The largest absolute Gasteiger partial charge is 0.462 e. The van der Waals surface area contributed by atoms with Gasteiger partial charge in [-0.05, 0) is 48.1 Å². The highest BCUT2D eigenvalue weighted by molar-refractivity contribution is 14.1. The van der Waals surface area contributed by atoms with Crippen LogP contribution in [0, 0.1) is 10.5 Å². The molecule has 1 rings (SSSR count). The second-order valence-electron chi connectivity index (χ2n) is 2.66. The molecule has 13 heavy (non-hydrogen) atoms. The highest BCUT2D eigenvalue weighted by atomic mass is 127. The Bertz CT molecular complexity index is 321. The predicted octanol–water partition coefficient (Wildman–Crippen LogP) is 2.78. The van der Waals surface area contributed by atoms with Crippen LogP contribution in [0.1, 0.15) is 22.8 Å². The Morgan fingerprint density at radius 2 is 2.23 bits per heavy atom. The molecule has 0 atom stereocenters. The molecule has 0 aliphatic carbocycles. The van der Waals surface area contributed by atoms with Gasteiger partial charge in [0.25, 0.3) is 0 Å². The van der Waals surface area contributed by atoms with Crippen molar-refractivity contribution >= 4 is 28.6 Å². The van der Waals surface area contributed by atoms with E-state index in [0.29, 0.717) is 12.2 Å². The summed E-state index contributed by atoms with van der Waals surface area (Å²) >= 11 is 2.16. The van der Waals surface area contributed by atoms with Crippen LogP contribution in [0.2, 0.25) is 0 Å². The van der Waals surface area contributed by atoms with Crippen molar-refractivity contribution in [2.45, 2.75) is 13.8 Å². The van der Waals surface area contributed by atoms with Gasteiger partial charge in [-0.25, -0.2) is 4.79 Å². The van der Waals surface area contributed by atoms with Crippen molar-refractivity contribution in [3.8, 4) is 0 Å². The lowest BCUT2D eigenvalue weighted by atomic mass is 10.1. The van der Waals surface area contributed by atoms with Gasteiger partial charge in [-0.3, -0.25) is 0 Å². The Labute approximate surface area is 91.4 Å². The third-order valence-corrected chi connectivity index (χ3v) is 3.12. The molecule has 1 aromatic carbocycles. The summed E-state index contributed by atoms with van der Waals surface area (Å²) < 4.78 is 5.89. The molecular formula is C10H11IO2. The highest BCUT2D eigenvalue weighted by Gasteiger charge is 2.11. The molecule has 0 saturated carbocycles. The number of hydrogen-bond acceptors (Lipinski definition) is 2. The minimum Gasteiger partial charge on any atom is -0.462 e. The number of hydrogen-bond donors (Lipinski definition) is 0. The Morgan fingerprint density at radius 3 is 2.85 bits per heavy atom. The van der Waals surface area contributed by atoms with Crippen molar-refractivity contribution in [1.82, 2.24) is 0 Å². The van der Waals surface area contributed by atoms with Crippen LogP contribution in [-0.2, 0) is 4.74 Å². The molecule has 0 N–H and O–H groups in total. The molecule has 2 nitrogen and oxygen atoms in total. The maximum Gasteiger partial charge on any atom is 0.339 e. The summed E-state index contributed by atoms with van der Waals surface area (Å²) in [6.45, 7) is 4.20. The van der Waals surface area contributed by atoms with E-state index in [0.717, 1.165) is 9.13 Å². The van der Waals surface area contributed by atoms with E-state index in [9.17, 15) is 4.79 Å². The Balaban J connectivity index is 3.01. The average Bonchev–Trinajstić information content (AvgIpc) is 2.10. The van der Waals surface area contributed by atoms with Crippen LogP contribution in [0.5, 0.6) is 0 Å².